The third-order valence-corrected chi connectivity index (χ3v) is 9.93. The zero-order valence-corrected chi connectivity index (χ0v) is 27.9. The topological polar surface area (TPSA) is 129 Å². The van der Waals surface area contributed by atoms with E-state index in [2.05, 4.69) is 36.1 Å². The molecule has 5 heterocycles. The lowest BCUT2D eigenvalue weighted by molar-refractivity contribution is 0.173. The number of fused-ring (bicyclic) bond motifs is 2. The van der Waals surface area contributed by atoms with Gasteiger partial charge in [-0.3, -0.25) is 14.8 Å². The lowest BCUT2D eigenvalue weighted by Crippen LogP contribution is -2.22. The van der Waals surface area contributed by atoms with Crippen LogP contribution in [-0.4, -0.2) is 85.4 Å². The second-order valence-electron chi connectivity index (χ2n) is 13.4. The van der Waals surface area contributed by atoms with Gasteiger partial charge < -0.3 is 25.0 Å². The van der Waals surface area contributed by atoms with Crippen LogP contribution in [0.15, 0.2) is 67.1 Å². The average Bonchev–Trinajstić information content (AvgIpc) is 3.86. The summed E-state index contributed by atoms with van der Waals surface area (Å²) in [7, 11) is 1.57. The molecular formula is C38H40FN7O4. The molecule has 258 valence electrons. The molecule has 3 aliphatic rings. The van der Waals surface area contributed by atoms with Gasteiger partial charge in [-0.25, -0.2) is 14.4 Å². The lowest BCUT2D eigenvalue weighted by atomic mass is 9.96. The Kier molecular flexibility index (Phi) is 9.00. The second kappa shape index (κ2) is 13.9. The largest absolute Gasteiger partial charge is 0.480 e. The predicted molar refractivity (Wildman–Crippen MR) is 187 cm³/mol. The van der Waals surface area contributed by atoms with Gasteiger partial charge in [0.15, 0.2) is 11.6 Å². The Balaban J connectivity index is 1.01. The molecule has 12 heteroatoms. The highest BCUT2D eigenvalue weighted by molar-refractivity contribution is 5.90. The monoisotopic (exact) mass is 677 g/mol. The van der Waals surface area contributed by atoms with Crippen molar-refractivity contribution in [1.82, 2.24) is 29.7 Å². The number of halogens is 1. The van der Waals surface area contributed by atoms with E-state index in [4.69, 9.17) is 14.5 Å². The third kappa shape index (κ3) is 6.59. The van der Waals surface area contributed by atoms with Gasteiger partial charge in [0.05, 0.1) is 31.2 Å². The Labute approximate surface area is 289 Å². The lowest BCUT2D eigenvalue weighted by Gasteiger charge is -2.18. The Bertz CT molecular complexity index is 2030. The van der Waals surface area contributed by atoms with Crippen molar-refractivity contribution >= 4 is 22.4 Å². The van der Waals surface area contributed by atoms with E-state index in [0.29, 0.717) is 66.2 Å². The van der Waals surface area contributed by atoms with Crippen molar-refractivity contribution in [2.75, 3.05) is 38.6 Å². The number of methoxy groups -OCH3 is 1. The number of hydrogen-bond acceptors (Lipinski definition) is 11. The summed E-state index contributed by atoms with van der Waals surface area (Å²) in [5.41, 5.74) is 6.08. The Morgan fingerprint density at radius 1 is 0.900 bits per heavy atom. The number of anilines is 2. The summed E-state index contributed by atoms with van der Waals surface area (Å²) >= 11 is 0. The van der Waals surface area contributed by atoms with E-state index in [0.717, 1.165) is 66.4 Å². The summed E-state index contributed by atoms with van der Waals surface area (Å²) in [5, 5.41) is 23.9. The van der Waals surface area contributed by atoms with Gasteiger partial charge in [-0.05, 0) is 66.1 Å². The van der Waals surface area contributed by atoms with Gasteiger partial charge in [-0.15, -0.1) is 0 Å². The molecule has 8 rings (SSSR count). The number of nitrogens with zero attached hydrogens (tertiary/aromatic N) is 6. The van der Waals surface area contributed by atoms with Crippen LogP contribution in [0.5, 0.6) is 11.8 Å². The van der Waals surface area contributed by atoms with Crippen molar-refractivity contribution in [1.29, 1.82) is 0 Å². The maximum absolute atomic E-state index is 16.4. The van der Waals surface area contributed by atoms with Crippen LogP contribution < -0.4 is 14.8 Å². The van der Waals surface area contributed by atoms with Crippen molar-refractivity contribution in [3.05, 3.63) is 95.3 Å². The van der Waals surface area contributed by atoms with Crippen molar-refractivity contribution in [3.8, 4) is 22.9 Å². The quantitative estimate of drug-likeness (QED) is 0.181. The molecule has 0 amide bonds. The van der Waals surface area contributed by atoms with E-state index in [1.54, 1.807) is 31.6 Å². The molecule has 0 saturated carbocycles. The van der Waals surface area contributed by atoms with Gasteiger partial charge in [-0.1, -0.05) is 30.3 Å². The number of nitrogens with one attached hydrogen (secondary N) is 1. The van der Waals surface area contributed by atoms with E-state index in [1.165, 1.54) is 0 Å². The van der Waals surface area contributed by atoms with Crippen molar-refractivity contribution in [2.45, 2.75) is 57.1 Å². The molecule has 5 aromatic rings. The van der Waals surface area contributed by atoms with Crippen molar-refractivity contribution < 1.29 is 24.1 Å². The summed E-state index contributed by atoms with van der Waals surface area (Å²) in [6.45, 7) is 4.19. The van der Waals surface area contributed by atoms with Crippen LogP contribution in [0.2, 0.25) is 0 Å². The van der Waals surface area contributed by atoms with Gasteiger partial charge >= 0.3 is 0 Å². The first-order chi connectivity index (χ1) is 24.4. The van der Waals surface area contributed by atoms with Crippen LogP contribution in [0, 0.1) is 5.82 Å². The number of β-amino-alcohol motifs (C(OH)–C–C–N with tert-alkyl or cyclic N) is 2. The minimum atomic E-state index is -0.370. The molecule has 2 saturated heterocycles. The highest BCUT2D eigenvalue weighted by Gasteiger charge is 2.29. The number of pyridine rings is 2. The van der Waals surface area contributed by atoms with Gasteiger partial charge in [0.25, 0.3) is 0 Å². The number of aliphatic hydroxyl groups is 2. The zero-order chi connectivity index (χ0) is 34.2. The first-order valence-electron chi connectivity index (χ1n) is 17.2. The van der Waals surface area contributed by atoms with Crippen molar-refractivity contribution in [2.24, 2.45) is 0 Å². The zero-order valence-electron chi connectivity index (χ0n) is 27.9. The maximum Gasteiger partial charge on any atom is 0.240 e. The number of likely N-dealkylation sites (tertiary alicyclic amines) is 2. The highest BCUT2D eigenvalue weighted by atomic mass is 19.1. The average molecular weight is 678 g/mol. The van der Waals surface area contributed by atoms with Gasteiger partial charge in [-0.2, -0.15) is 4.98 Å². The third-order valence-electron chi connectivity index (χ3n) is 9.93. The van der Waals surface area contributed by atoms with Crippen molar-refractivity contribution in [3.63, 3.8) is 0 Å². The summed E-state index contributed by atoms with van der Waals surface area (Å²) in [6, 6.07) is 15.3. The number of aromatic nitrogens is 4. The molecule has 0 radical (unpaired) electrons. The molecule has 3 aromatic heterocycles. The smallest absolute Gasteiger partial charge is 0.240 e. The summed E-state index contributed by atoms with van der Waals surface area (Å²) in [6.07, 6.45) is 7.28. The molecular weight excluding hydrogens is 637 g/mol. The van der Waals surface area contributed by atoms with E-state index in [1.807, 2.05) is 36.5 Å². The number of hydrogen-bond donors (Lipinski definition) is 3. The first kappa shape index (κ1) is 32.5. The maximum atomic E-state index is 16.4. The van der Waals surface area contributed by atoms with E-state index < -0.39 is 0 Å². The molecule has 3 atom stereocenters. The molecule has 0 bridgehead atoms. The van der Waals surface area contributed by atoms with Gasteiger partial charge in [0, 0.05) is 62.6 Å². The number of ether oxygens (including phenoxy) is 2. The fourth-order valence-electron chi connectivity index (χ4n) is 7.48. The van der Waals surface area contributed by atoms with Crippen LogP contribution in [0.4, 0.5) is 15.9 Å². The van der Waals surface area contributed by atoms with Crippen LogP contribution in [-0.2, 0) is 19.5 Å². The number of rotatable bonds is 10. The van der Waals surface area contributed by atoms with E-state index in [9.17, 15) is 10.2 Å². The first-order valence-corrected chi connectivity index (χ1v) is 17.2. The molecule has 0 unspecified atom stereocenters. The minimum absolute atomic E-state index is 0.265. The Morgan fingerprint density at radius 2 is 1.68 bits per heavy atom. The van der Waals surface area contributed by atoms with Crippen LogP contribution in [0.1, 0.15) is 47.8 Å². The normalized spacial score (nSPS) is 20.8. The highest BCUT2D eigenvalue weighted by Crippen LogP contribution is 2.42. The molecule has 1 aliphatic carbocycles. The summed E-state index contributed by atoms with van der Waals surface area (Å²) in [5.74, 6) is 0.881. The minimum Gasteiger partial charge on any atom is -0.480 e. The van der Waals surface area contributed by atoms with Gasteiger partial charge in [0.1, 0.15) is 17.3 Å². The fraction of sp³-hybridized carbons (Fsp3) is 0.368. The summed E-state index contributed by atoms with van der Waals surface area (Å²) in [4.78, 5) is 22.7. The molecule has 2 fully saturated rings. The van der Waals surface area contributed by atoms with E-state index >= 15 is 4.39 Å². The van der Waals surface area contributed by atoms with Gasteiger partial charge in [0.2, 0.25) is 11.8 Å². The molecule has 0 spiro atoms. The molecule has 2 aromatic carbocycles. The Hall–Kier alpha value is -4.75. The molecule has 3 N–H and O–H groups in total. The predicted octanol–water partition coefficient (Wildman–Crippen LogP) is 5.18. The fourth-order valence-corrected chi connectivity index (χ4v) is 7.48. The SMILES string of the molecule is COc1nc(O[C@@H]2CCc3c(-c4cccc(Nc5nccc6cc(CN7CC[C@@H](O)C7)cnc56)c4F)cccc32)cnc1CN1CC[C@@H](O)C1. The number of benzene rings is 2. The summed E-state index contributed by atoms with van der Waals surface area (Å²) < 4.78 is 28.3. The second-order valence-corrected chi connectivity index (χ2v) is 13.4. The molecule has 2 aliphatic heterocycles. The Morgan fingerprint density at radius 3 is 2.46 bits per heavy atom. The standard InChI is InChI=1S/C38H40FN7O4/c1-49-38-32(22-46-15-12-26(48)21-46)41-18-34(44-38)50-33-9-8-28-27(4-2-5-29(28)33)30-6-3-7-31(35(30)39)43-37-36-24(10-13-40-37)16-23(17-42-36)19-45-14-11-25(47)20-45/h2-7,10,13,16-18,25-26,33,47-48H,8-9,11-12,14-15,19-22H2,1H3,(H,40,43)/t25-,26-,33-/m1/s1. The van der Waals surface area contributed by atoms with Crippen LogP contribution >= 0.6 is 0 Å². The van der Waals surface area contributed by atoms with E-state index in [-0.39, 0.29) is 24.1 Å². The molecule has 11 nitrogen and oxygen atoms in total. The van der Waals surface area contributed by atoms with Crippen LogP contribution in [0.3, 0.4) is 0 Å². The number of aliphatic hydroxyl groups excluding tert-OH is 2. The molecule has 50 heavy (non-hydrogen) atoms. The van der Waals surface area contributed by atoms with Crippen LogP contribution in [0.25, 0.3) is 22.0 Å².